The van der Waals surface area contributed by atoms with Crippen LogP contribution < -0.4 is 5.73 Å². The van der Waals surface area contributed by atoms with Crippen LogP contribution in [0.1, 0.15) is 31.7 Å². The van der Waals surface area contributed by atoms with Crippen LogP contribution in [0.3, 0.4) is 0 Å². The molecule has 8 nitrogen and oxygen atoms in total. The van der Waals surface area contributed by atoms with E-state index >= 15 is 0 Å². The molecule has 9 heteroatoms. The maximum absolute atomic E-state index is 12.8. The first-order valence-electron chi connectivity index (χ1n) is 11.4. The van der Waals surface area contributed by atoms with Crippen molar-refractivity contribution in [1.29, 1.82) is 0 Å². The topological polar surface area (TPSA) is 93.2 Å². The van der Waals surface area contributed by atoms with Gasteiger partial charge in [-0.05, 0) is 38.4 Å². The second-order valence-corrected chi connectivity index (χ2v) is 9.35. The molecular weight excluding hydrogens is 438 g/mol. The number of aromatic nitrogens is 4. The Morgan fingerprint density at radius 3 is 2.76 bits per heavy atom. The lowest BCUT2D eigenvalue weighted by Gasteiger charge is -2.33. The fourth-order valence-corrected chi connectivity index (χ4v) is 4.73. The number of carbonyl (C=O) groups excluding carboxylic acids is 1. The highest BCUT2D eigenvalue weighted by Crippen LogP contribution is 2.34. The molecule has 2 aliphatic rings. The molecule has 2 aromatic heterocycles. The first-order valence-corrected chi connectivity index (χ1v) is 11.8. The van der Waals surface area contributed by atoms with Gasteiger partial charge in [-0.1, -0.05) is 36.2 Å². The summed E-state index contributed by atoms with van der Waals surface area (Å²) in [5.74, 6) is 0.434. The lowest BCUT2D eigenvalue weighted by atomic mass is 9.92. The van der Waals surface area contributed by atoms with E-state index in [0.717, 1.165) is 29.6 Å². The zero-order valence-electron chi connectivity index (χ0n) is 18.7. The van der Waals surface area contributed by atoms with Gasteiger partial charge in [-0.25, -0.2) is 14.6 Å². The maximum atomic E-state index is 12.8. The molecule has 2 fully saturated rings. The number of carbonyl (C=O) groups is 1. The van der Waals surface area contributed by atoms with Crippen LogP contribution in [0.25, 0.3) is 22.3 Å². The van der Waals surface area contributed by atoms with Gasteiger partial charge in [0, 0.05) is 42.3 Å². The van der Waals surface area contributed by atoms with Gasteiger partial charge in [0.1, 0.15) is 17.8 Å². The highest BCUT2D eigenvalue weighted by molar-refractivity contribution is 6.30. The molecule has 1 atom stereocenters. The number of amides is 1. The number of nitrogens with two attached hydrogens (primary N) is 1. The maximum Gasteiger partial charge on any atom is 0.246 e. The van der Waals surface area contributed by atoms with Crippen molar-refractivity contribution in [2.24, 2.45) is 0 Å². The summed E-state index contributed by atoms with van der Waals surface area (Å²) in [5, 5.41) is 6.26. The number of likely N-dealkylation sites (N-methyl/N-ethyl adjacent to an activating group) is 1. The molecule has 1 amide bonds. The van der Waals surface area contributed by atoms with Crippen molar-refractivity contribution in [3.05, 3.63) is 47.8 Å². The number of hydrogen-bond donors (Lipinski definition) is 1. The predicted molar refractivity (Wildman–Crippen MR) is 130 cm³/mol. The number of nitrogens with zero attached hydrogens (tertiary/aromatic N) is 6. The van der Waals surface area contributed by atoms with E-state index in [2.05, 4.69) is 21.9 Å². The van der Waals surface area contributed by atoms with Crippen molar-refractivity contribution in [3.63, 3.8) is 0 Å². The van der Waals surface area contributed by atoms with E-state index in [4.69, 9.17) is 22.4 Å². The fourth-order valence-electron chi connectivity index (χ4n) is 4.60. The third kappa shape index (κ3) is 4.32. The van der Waals surface area contributed by atoms with Crippen molar-refractivity contribution in [2.45, 2.75) is 37.8 Å². The van der Waals surface area contributed by atoms with Gasteiger partial charge in [0.15, 0.2) is 5.65 Å². The molecular formula is C24H28ClN7O. The van der Waals surface area contributed by atoms with Crippen molar-refractivity contribution in [2.75, 3.05) is 32.4 Å². The van der Waals surface area contributed by atoms with Gasteiger partial charge in [0.25, 0.3) is 0 Å². The minimum atomic E-state index is 0.0258. The third-order valence-electron chi connectivity index (χ3n) is 6.81. The second kappa shape index (κ2) is 9.11. The molecule has 3 heterocycles. The Labute approximate surface area is 198 Å². The van der Waals surface area contributed by atoms with Gasteiger partial charge < -0.3 is 10.6 Å². The summed E-state index contributed by atoms with van der Waals surface area (Å²) in [6, 6.07) is 8.17. The number of hydrogen-bond acceptors (Lipinski definition) is 6. The first-order chi connectivity index (χ1) is 16.0. The number of fused-ring (bicyclic) bond motifs is 1. The molecule has 1 aliphatic heterocycles. The summed E-state index contributed by atoms with van der Waals surface area (Å²) < 4.78 is 1.90. The zero-order valence-corrected chi connectivity index (χ0v) is 19.4. The monoisotopic (exact) mass is 465 g/mol. The Kier molecular flexibility index (Phi) is 6.03. The SMILES string of the molecule is CN(C/C=C/C(=O)N1CC[C@@H](n2nc(-c3ccc(Cl)cc3)c3c(N)ncnc32)C1)C1CCC1. The molecule has 1 aliphatic carbocycles. The Hall–Kier alpha value is -2.97. The van der Waals surface area contributed by atoms with E-state index in [1.165, 1.54) is 25.6 Å². The summed E-state index contributed by atoms with van der Waals surface area (Å²) in [6.07, 6.45) is 9.78. The highest BCUT2D eigenvalue weighted by Gasteiger charge is 2.30. The lowest BCUT2D eigenvalue weighted by molar-refractivity contribution is -0.125. The first kappa shape index (κ1) is 21.9. The summed E-state index contributed by atoms with van der Waals surface area (Å²) >= 11 is 6.06. The number of benzene rings is 1. The van der Waals surface area contributed by atoms with Crippen LogP contribution in [0.2, 0.25) is 5.02 Å². The normalized spacial score (nSPS) is 19.1. The molecule has 0 unspecified atom stereocenters. The van der Waals surface area contributed by atoms with Gasteiger partial charge in [-0.2, -0.15) is 5.10 Å². The Balaban J connectivity index is 1.34. The Morgan fingerprint density at radius 1 is 1.24 bits per heavy atom. The number of halogens is 1. The molecule has 1 aromatic carbocycles. The smallest absolute Gasteiger partial charge is 0.246 e. The molecule has 0 bridgehead atoms. The van der Waals surface area contributed by atoms with Gasteiger partial charge in [0.2, 0.25) is 5.91 Å². The molecule has 33 heavy (non-hydrogen) atoms. The van der Waals surface area contributed by atoms with Crippen LogP contribution >= 0.6 is 11.6 Å². The molecule has 1 saturated heterocycles. The molecule has 0 radical (unpaired) electrons. The van der Waals surface area contributed by atoms with Gasteiger partial charge in [0.05, 0.1) is 11.4 Å². The lowest BCUT2D eigenvalue weighted by Crippen LogP contribution is -2.37. The van der Waals surface area contributed by atoms with Gasteiger partial charge in [-0.15, -0.1) is 0 Å². The average Bonchev–Trinajstić information content (AvgIpc) is 3.39. The highest BCUT2D eigenvalue weighted by atomic mass is 35.5. The van der Waals surface area contributed by atoms with Crippen LogP contribution in [0.5, 0.6) is 0 Å². The minimum absolute atomic E-state index is 0.0258. The van der Waals surface area contributed by atoms with Crippen LogP contribution in [0.4, 0.5) is 5.82 Å². The molecule has 172 valence electrons. The Morgan fingerprint density at radius 2 is 2.03 bits per heavy atom. The van der Waals surface area contributed by atoms with Crippen molar-refractivity contribution in [1.82, 2.24) is 29.5 Å². The molecule has 5 rings (SSSR count). The summed E-state index contributed by atoms with van der Waals surface area (Å²) in [4.78, 5) is 25.6. The van der Waals surface area contributed by atoms with Crippen LogP contribution in [-0.2, 0) is 4.79 Å². The van der Waals surface area contributed by atoms with Crippen LogP contribution in [0.15, 0.2) is 42.7 Å². The Bertz CT molecular complexity index is 1190. The molecule has 3 aromatic rings. The summed E-state index contributed by atoms with van der Waals surface area (Å²) in [5.41, 5.74) is 8.53. The number of anilines is 1. The van der Waals surface area contributed by atoms with Gasteiger partial charge in [-0.3, -0.25) is 9.69 Å². The minimum Gasteiger partial charge on any atom is -0.383 e. The molecule has 1 saturated carbocycles. The van der Waals surface area contributed by atoms with E-state index in [1.54, 1.807) is 6.08 Å². The summed E-state index contributed by atoms with van der Waals surface area (Å²) in [7, 11) is 2.12. The average molecular weight is 466 g/mol. The second-order valence-electron chi connectivity index (χ2n) is 8.91. The van der Waals surface area contributed by atoms with Crippen LogP contribution in [0, 0.1) is 0 Å². The standard InChI is InChI=1S/C24H28ClN7O/c1-30(18-4-2-5-18)12-3-6-20(33)31-13-11-19(14-31)32-24-21(23(26)27-15-28-24)22(29-32)16-7-9-17(25)10-8-16/h3,6-10,15,18-19H,2,4-5,11-14H2,1H3,(H2,26,27,28)/b6-3+/t19-/m1/s1. The zero-order chi connectivity index (χ0) is 22.9. The summed E-state index contributed by atoms with van der Waals surface area (Å²) in [6.45, 7) is 2.07. The van der Waals surface area contributed by atoms with Crippen molar-refractivity contribution in [3.8, 4) is 11.3 Å². The number of rotatable bonds is 6. The van der Waals surface area contributed by atoms with E-state index < -0.39 is 0 Å². The fraction of sp³-hybridized carbons (Fsp3) is 0.417. The predicted octanol–water partition coefficient (Wildman–Crippen LogP) is 3.54. The van der Waals surface area contributed by atoms with Crippen molar-refractivity contribution >= 4 is 34.4 Å². The van der Waals surface area contributed by atoms with Gasteiger partial charge >= 0.3 is 0 Å². The van der Waals surface area contributed by atoms with E-state index in [0.29, 0.717) is 35.6 Å². The molecule has 0 spiro atoms. The van der Waals surface area contributed by atoms with Crippen molar-refractivity contribution < 1.29 is 4.79 Å². The molecule has 2 N–H and O–H groups in total. The third-order valence-corrected chi connectivity index (χ3v) is 7.06. The number of nitrogen functional groups attached to an aromatic ring is 1. The quantitative estimate of drug-likeness (QED) is 0.559. The van der Waals surface area contributed by atoms with Crippen LogP contribution in [-0.4, -0.2) is 68.2 Å². The van der Waals surface area contributed by atoms with E-state index in [9.17, 15) is 4.79 Å². The largest absolute Gasteiger partial charge is 0.383 e. The number of likely N-dealkylation sites (tertiary alicyclic amines) is 1. The van der Waals surface area contributed by atoms with E-state index in [1.807, 2.05) is 39.9 Å². The van der Waals surface area contributed by atoms with E-state index in [-0.39, 0.29) is 11.9 Å².